The lowest BCUT2D eigenvalue weighted by Gasteiger charge is -2.14. The molecule has 21 heavy (non-hydrogen) atoms. The summed E-state index contributed by atoms with van der Waals surface area (Å²) in [6.45, 7) is 2.85. The zero-order valence-electron chi connectivity index (χ0n) is 12.0. The Morgan fingerprint density at radius 1 is 1.29 bits per heavy atom. The predicted molar refractivity (Wildman–Crippen MR) is 78.5 cm³/mol. The monoisotopic (exact) mass is 288 g/mol. The molecular weight excluding hydrogens is 272 g/mol. The third-order valence-corrected chi connectivity index (χ3v) is 3.46. The molecule has 6 heteroatoms. The number of carbonyl (C=O) groups is 2. The maximum atomic E-state index is 12.3. The van der Waals surface area contributed by atoms with E-state index in [-0.39, 0.29) is 17.1 Å². The second-order valence-corrected chi connectivity index (χ2v) is 4.91. The predicted octanol–water partition coefficient (Wildman–Crippen LogP) is 0.951. The van der Waals surface area contributed by atoms with Crippen LogP contribution in [0.5, 0.6) is 5.75 Å². The van der Waals surface area contributed by atoms with Crippen LogP contribution in [0.25, 0.3) is 10.9 Å². The van der Waals surface area contributed by atoms with Crippen molar-refractivity contribution in [3.05, 3.63) is 40.2 Å². The molecule has 1 atom stereocenters. The van der Waals surface area contributed by atoms with E-state index in [1.807, 2.05) is 0 Å². The van der Waals surface area contributed by atoms with E-state index < -0.39 is 17.5 Å². The first-order valence-electron chi connectivity index (χ1n) is 6.46. The average molecular weight is 288 g/mol. The number of pyridine rings is 1. The van der Waals surface area contributed by atoms with E-state index in [0.29, 0.717) is 10.9 Å². The van der Waals surface area contributed by atoms with Crippen LogP contribution in [0.1, 0.15) is 24.2 Å². The molecule has 110 valence electrons. The van der Waals surface area contributed by atoms with Gasteiger partial charge in [0.05, 0.1) is 11.6 Å². The summed E-state index contributed by atoms with van der Waals surface area (Å²) < 4.78 is 1.29. The lowest BCUT2D eigenvalue weighted by atomic mass is 10.1. The Labute approximate surface area is 121 Å². The molecule has 1 aromatic heterocycles. The lowest BCUT2D eigenvalue weighted by molar-refractivity contribution is -0.118. The van der Waals surface area contributed by atoms with Crippen molar-refractivity contribution in [2.24, 2.45) is 7.05 Å². The number of benzene rings is 1. The normalized spacial score (nSPS) is 12.1. The molecule has 2 rings (SSSR count). The van der Waals surface area contributed by atoms with Gasteiger partial charge >= 0.3 is 0 Å². The van der Waals surface area contributed by atoms with Crippen molar-refractivity contribution >= 4 is 22.6 Å². The first-order chi connectivity index (χ1) is 9.84. The summed E-state index contributed by atoms with van der Waals surface area (Å²) in [5.41, 5.74) is -0.445. The zero-order chi connectivity index (χ0) is 15.7. The number of para-hydroxylation sites is 1. The van der Waals surface area contributed by atoms with Gasteiger partial charge in [-0.3, -0.25) is 14.4 Å². The van der Waals surface area contributed by atoms with Crippen LogP contribution < -0.4 is 10.9 Å². The second-order valence-electron chi connectivity index (χ2n) is 4.91. The maximum Gasteiger partial charge on any atom is 0.267 e. The molecule has 2 N–H and O–H groups in total. The smallest absolute Gasteiger partial charge is 0.267 e. The fourth-order valence-electron chi connectivity index (χ4n) is 2.05. The number of carbonyl (C=O) groups excluding carboxylic acids is 2. The Morgan fingerprint density at radius 2 is 1.90 bits per heavy atom. The Morgan fingerprint density at radius 3 is 2.52 bits per heavy atom. The van der Waals surface area contributed by atoms with Gasteiger partial charge in [-0.15, -0.1) is 0 Å². The molecular formula is C15H16N2O4. The van der Waals surface area contributed by atoms with Gasteiger partial charge in [-0.1, -0.05) is 12.1 Å². The first kappa shape index (κ1) is 14.8. The molecule has 0 fully saturated rings. The van der Waals surface area contributed by atoms with Gasteiger partial charge in [0, 0.05) is 12.4 Å². The minimum absolute atomic E-state index is 0.236. The van der Waals surface area contributed by atoms with Gasteiger partial charge < -0.3 is 15.0 Å². The molecule has 2 aromatic rings. The number of ketones is 1. The van der Waals surface area contributed by atoms with Crippen molar-refractivity contribution in [3.8, 4) is 5.75 Å². The molecule has 0 saturated carbocycles. The Kier molecular flexibility index (Phi) is 3.80. The van der Waals surface area contributed by atoms with E-state index in [1.54, 1.807) is 24.3 Å². The van der Waals surface area contributed by atoms with Crippen LogP contribution in [-0.2, 0) is 11.8 Å². The summed E-state index contributed by atoms with van der Waals surface area (Å²) in [6.07, 6.45) is 0. The number of amides is 1. The van der Waals surface area contributed by atoms with Crippen LogP contribution >= 0.6 is 0 Å². The van der Waals surface area contributed by atoms with Crippen LogP contribution in [0.4, 0.5) is 0 Å². The molecule has 0 unspecified atom stereocenters. The largest absolute Gasteiger partial charge is 0.506 e. The minimum atomic E-state index is -0.762. The molecule has 0 bridgehead atoms. The van der Waals surface area contributed by atoms with Gasteiger partial charge in [0.25, 0.3) is 11.5 Å². The number of aromatic nitrogens is 1. The Bertz CT molecular complexity index is 792. The minimum Gasteiger partial charge on any atom is -0.506 e. The van der Waals surface area contributed by atoms with Crippen LogP contribution in [0.2, 0.25) is 0 Å². The van der Waals surface area contributed by atoms with Crippen molar-refractivity contribution in [3.63, 3.8) is 0 Å². The number of rotatable bonds is 3. The molecule has 0 aliphatic rings. The number of fused-ring (bicyclic) bond motifs is 1. The van der Waals surface area contributed by atoms with Gasteiger partial charge in [-0.05, 0) is 26.0 Å². The Hall–Kier alpha value is -2.63. The highest BCUT2D eigenvalue weighted by Gasteiger charge is 2.22. The van der Waals surface area contributed by atoms with Gasteiger partial charge in [-0.2, -0.15) is 0 Å². The number of hydrogen-bond acceptors (Lipinski definition) is 4. The number of aromatic hydroxyl groups is 1. The summed E-state index contributed by atoms with van der Waals surface area (Å²) in [4.78, 5) is 35.6. The standard InChI is InChI=1S/C15H16N2O4/c1-8(9(2)18)16-14(20)12-13(19)10-6-4-5-7-11(10)17(3)15(12)21/h4-8,19H,1-3H3,(H,16,20)/t8-/m1/s1. The van der Waals surface area contributed by atoms with Crippen LogP contribution in [0, 0.1) is 0 Å². The van der Waals surface area contributed by atoms with Gasteiger partial charge in [0.15, 0.2) is 5.78 Å². The third-order valence-electron chi connectivity index (χ3n) is 3.46. The van der Waals surface area contributed by atoms with Gasteiger partial charge in [0.2, 0.25) is 0 Å². The van der Waals surface area contributed by atoms with E-state index in [0.717, 1.165) is 0 Å². The molecule has 0 aliphatic carbocycles. The molecule has 0 spiro atoms. The molecule has 0 radical (unpaired) electrons. The first-order valence-corrected chi connectivity index (χ1v) is 6.46. The Balaban J connectivity index is 2.62. The lowest BCUT2D eigenvalue weighted by Crippen LogP contribution is -2.40. The van der Waals surface area contributed by atoms with E-state index in [1.165, 1.54) is 25.5 Å². The number of aryl methyl sites for hydroxylation is 1. The van der Waals surface area contributed by atoms with E-state index in [4.69, 9.17) is 0 Å². The number of hydrogen-bond donors (Lipinski definition) is 2. The fraction of sp³-hybridized carbons (Fsp3) is 0.267. The van der Waals surface area contributed by atoms with Crippen molar-refractivity contribution in [1.29, 1.82) is 0 Å². The van der Waals surface area contributed by atoms with E-state index in [2.05, 4.69) is 5.32 Å². The zero-order valence-corrected chi connectivity index (χ0v) is 12.0. The van der Waals surface area contributed by atoms with Crippen LogP contribution in [-0.4, -0.2) is 27.4 Å². The van der Waals surface area contributed by atoms with Gasteiger partial charge in [-0.25, -0.2) is 0 Å². The van der Waals surface area contributed by atoms with Crippen molar-refractivity contribution < 1.29 is 14.7 Å². The maximum absolute atomic E-state index is 12.3. The third kappa shape index (κ3) is 2.52. The second kappa shape index (κ2) is 5.40. The molecule has 1 amide bonds. The SMILES string of the molecule is CC(=O)[C@@H](C)NC(=O)c1c(O)c2ccccc2n(C)c1=O. The number of nitrogens with zero attached hydrogens (tertiary/aromatic N) is 1. The highest BCUT2D eigenvalue weighted by Crippen LogP contribution is 2.25. The number of Topliss-reactive ketones (excluding diaryl/α,β-unsaturated/α-hetero) is 1. The summed E-state index contributed by atoms with van der Waals surface area (Å²) in [5.74, 6) is -1.37. The fourth-order valence-corrected chi connectivity index (χ4v) is 2.05. The molecule has 1 aromatic carbocycles. The summed E-state index contributed by atoms with van der Waals surface area (Å²) in [5, 5.41) is 13.0. The van der Waals surface area contributed by atoms with Crippen molar-refractivity contribution in [2.45, 2.75) is 19.9 Å². The quantitative estimate of drug-likeness (QED) is 0.880. The summed E-state index contributed by atoms with van der Waals surface area (Å²) in [7, 11) is 1.52. The topological polar surface area (TPSA) is 88.4 Å². The molecule has 0 aliphatic heterocycles. The summed E-state index contributed by atoms with van der Waals surface area (Å²) in [6, 6.07) is 6.00. The summed E-state index contributed by atoms with van der Waals surface area (Å²) >= 11 is 0. The van der Waals surface area contributed by atoms with Crippen LogP contribution in [0.15, 0.2) is 29.1 Å². The van der Waals surface area contributed by atoms with E-state index in [9.17, 15) is 19.5 Å². The molecule has 1 heterocycles. The van der Waals surface area contributed by atoms with Crippen LogP contribution in [0.3, 0.4) is 0 Å². The molecule has 0 saturated heterocycles. The number of nitrogens with one attached hydrogen (secondary N) is 1. The highest BCUT2D eigenvalue weighted by atomic mass is 16.3. The van der Waals surface area contributed by atoms with Crippen molar-refractivity contribution in [2.75, 3.05) is 0 Å². The molecule has 6 nitrogen and oxygen atoms in total. The van der Waals surface area contributed by atoms with E-state index >= 15 is 0 Å². The highest BCUT2D eigenvalue weighted by molar-refractivity contribution is 6.03. The average Bonchev–Trinajstić information content (AvgIpc) is 2.45. The van der Waals surface area contributed by atoms with Gasteiger partial charge in [0.1, 0.15) is 11.3 Å². The van der Waals surface area contributed by atoms with Crippen molar-refractivity contribution in [1.82, 2.24) is 9.88 Å².